The molecule has 0 aromatic carbocycles. The molecule has 106 valence electrons. The second-order valence-electron chi connectivity index (χ2n) is 5.15. The Balaban J connectivity index is 1.74. The predicted octanol–water partition coefficient (Wildman–Crippen LogP) is 0.435. The second-order valence-corrected chi connectivity index (χ2v) is 5.42. The fourth-order valence-electron chi connectivity index (χ4n) is 2.98. The summed E-state index contributed by atoms with van der Waals surface area (Å²) in [5, 5.41) is 9.77. The van der Waals surface area contributed by atoms with E-state index in [1.54, 1.807) is 4.57 Å². The Hall–Kier alpha value is -1.51. The monoisotopic (exact) mass is 299 g/mol. The van der Waals surface area contributed by atoms with Gasteiger partial charge < -0.3 is 15.6 Å². The highest BCUT2D eigenvalue weighted by molar-refractivity contribution is 6.19. The quantitative estimate of drug-likeness (QED) is 0.616. The number of aromatic nitrogens is 4. The first-order chi connectivity index (χ1) is 9.56. The van der Waals surface area contributed by atoms with Crippen molar-refractivity contribution in [1.29, 1.82) is 0 Å². The minimum absolute atomic E-state index is 0.00789. The third-order valence-electron chi connectivity index (χ3n) is 4.15. The predicted molar refractivity (Wildman–Crippen MR) is 67.4 cm³/mol. The first kappa shape index (κ1) is 12.2. The van der Waals surface area contributed by atoms with Gasteiger partial charge in [-0.1, -0.05) is 0 Å². The number of rotatable bonds is 2. The van der Waals surface area contributed by atoms with Crippen LogP contribution in [0.4, 0.5) is 10.2 Å². The average molecular weight is 300 g/mol. The van der Waals surface area contributed by atoms with Crippen molar-refractivity contribution < 1.29 is 14.2 Å². The molecule has 2 fully saturated rings. The van der Waals surface area contributed by atoms with Crippen LogP contribution in [0.25, 0.3) is 11.2 Å². The van der Waals surface area contributed by atoms with Crippen molar-refractivity contribution in [3.63, 3.8) is 0 Å². The number of alkyl halides is 1. The third-order valence-corrected chi connectivity index (χ3v) is 4.57. The molecule has 0 radical (unpaired) electrons. The van der Waals surface area contributed by atoms with Crippen LogP contribution >= 0.6 is 11.6 Å². The van der Waals surface area contributed by atoms with E-state index in [1.165, 1.54) is 6.33 Å². The molecule has 1 aliphatic carbocycles. The lowest BCUT2D eigenvalue weighted by Gasteiger charge is -2.19. The van der Waals surface area contributed by atoms with Crippen LogP contribution < -0.4 is 5.73 Å². The number of hydrogen-bond donors (Lipinski definition) is 2. The van der Waals surface area contributed by atoms with E-state index in [-0.39, 0.29) is 29.5 Å². The average Bonchev–Trinajstić information content (AvgIpc) is 2.81. The lowest BCUT2D eigenvalue weighted by atomic mass is 10.2. The van der Waals surface area contributed by atoms with E-state index in [4.69, 9.17) is 22.1 Å². The van der Waals surface area contributed by atoms with Crippen molar-refractivity contribution >= 4 is 28.6 Å². The number of ether oxygens (including phenoxy) is 1. The zero-order valence-electron chi connectivity index (χ0n) is 10.2. The van der Waals surface area contributed by atoms with Crippen molar-refractivity contribution in [2.75, 3.05) is 11.6 Å². The van der Waals surface area contributed by atoms with Gasteiger partial charge in [0.1, 0.15) is 11.8 Å². The molecule has 2 aromatic heterocycles. The first-order valence-electron chi connectivity index (χ1n) is 6.14. The number of halogens is 2. The first-order valence-corrected chi connectivity index (χ1v) is 6.67. The molecule has 9 heteroatoms. The summed E-state index contributed by atoms with van der Waals surface area (Å²) in [4.78, 5) is 11.2. The summed E-state index contributed by atoms with van der Waals surface area (Å²) in [6.45, 7) is 0. The minimum atomic E-state index is -0.910. The Morgan fingerprint density at radius 1 is 1.60 bits per heavy atom. The van der Waals surface area contributed by atoms with Gasteiger partial charge in [0.05, 0.1) is 18.3 Å². The third kappa shape index (κ3) is 1.38. The van der Waals surface area contributed by atoms with E-state index in [2.05, 4.69) is 15.0 Å². The molecule has 7 nitrogen and oxygen atoms in total. The summed E-state index contributed by atoms with van der Waals surface area (Å²) < 4.78 is 20.7. The number of nitrogens with zero attached hydrogens (tertiary/aromatic N) is 4. The van der Waals surface area contributed by atoms with E-state index in [1.807, 2.05) is 0 Å². The van der Waals surface area contributed by atoms with E-state index in [9.17, 15) is 9.50 Å². The fourth-order valence-corrected chi connectivity index (χ4v) is 3.40. The number of imidazole rings is 1. The number of aliphatic hydroxyl groups excluding tert-OH is 1. The SMILES string of the molecule is Nc1nc(F)nc2c1ncn2[C@H]1CC2C(O)[C@@]2(CCl)O1. The summed E-state index contributed by atoms with van der Waals surface area (Å²) >= 11 is 5.87. The number of nitrogens with two attached hydrogens (primary N) is 1. The van der Waals surface area contributed by atoms with Crippen molar-refractivity contribution in [1.82, 2.24) is 19.5 Å². The van der Waals surface area contributed by atoms with Gasteiger partial charge in [0.25, 0.3) is 0 Å². The Morgan fingerprint density at radius 2 is 2.40 bits per heavy atom. The number of fused-ring (bicyclic) bond motifs is 2. The van der Waals surface area contributed by atoms with E-state index in [0.29, 0.717) is 11.9 Å². The Bertz CT molecular complexity index is 709. The zero-order chi connectivity index (χ0) is 14.1. The molecular weight excluding hydrogens is 289 g/mol. The molecule has 4 atom stereocenters. The molecule has 1 saturated heterocycles. The summed E-state index contributed by atoms with van der Waals surface area (Å²) in [5.41, 5.74) is 5.52. The number of nitrogen functional groups attached to an aromatic ring is 1. The highest BCUT2D eigenvalue weighted by Crippen LogP contribution is 2.59. The molecular formula is C11H11ClFN5O2. The molecule has 0 amide bonds. The molecule has 2 unspecified atom stereocenters. The topological polar surface area (TPSA) is 99.1 Å². The van der Waals surface area contributed by atoms with E-state index in [0.717, 1.165) is 0 Å². The van der Waals surface area contributed by atoms with Gasteiger partial charge in [0, 0.05) is 12.3 Å². The smallest absolute Gasteiger partial charge is 0.312 e. The Morgan fingerprint density at radius 3 is 3.10 bits per heavy atom. The van der Waals surface area contributed by atoms with Gasteiger partial charge in [-0.25, -0.2) is 4.98 Å². The van der Waals surface area contributed by atoms with Crippen LogP contribution in [0.3, 0.4) is 0 Å². The van der Waals surface area contributed by atoms with Gasteiger partial charge in [0.2, 0.25) is 0 Å². The summed E-state index contributed by atoms with van der Waals surface area (Å²) in [5.74, 6) is 0.195. The van der Waals surface area contributed by atoms with Gasteiger partial charge in [0.15, 0.2) is 17.0 Å². The molecule has 1 aliphatic heterocycles. The summed E-state index contributed by atoms with van der Waals surface area (Å²) in [6, 6.07) is 0. The standard InChI is InChI=1S/C11H11ClFN5O2/c12-2-11-4(7(11)19)1-5(20-11)18-3-15-6-8(14)16-10(13)17-9(6)18/h3-5,7,19H,1-2H2,(H2,14,16,17)/t4?,5-,7?,11+/m1/s1. The van der Waals surface area contributed by atoms with Crippen LogP contribution in [0.1, 0.15) is 12.6 Å². The molecule has 0 spiro atoms. The second kappa shape index (κ2) is 3.78. The molecule has 0 bridgehead atoms. The molecule has 4 rings (SSSR count). The van der Waals surface area contributed by atoms with Crippen LogP contribution in [0.5, 0.6) is 0 Å². The van der Waals surface area contributed by atoms with Crippen LogP contribution in [-0.4, -0.2) is 42.2 Å². The van der Waals surface area contributed by atoms with Crippen molar-refractivity contribution in [2.45, 2.75) is 24.4 Å². The maximum atomic E-state index is 13.3. The maximum absolute atomic E-state index is 13.3. The van der Waals surface area contributed by atoms with Crippen LogP contribution in [0, 0.1) is 12.0 Å². The van der Waals surface area contributed by atoms with Gasteiger partial charge in [-0.05, 0) is 0 Å². The van der Waals surface area contributed by atoms with Gasteiger partial charge in [-0.2, -0.15) is 14.4 Å². The van der Waals surface area contributed by atoms with Gasteiger partial charge >= 0.3 is 6.08 Å². The van der Waals surface area contributed by atoms with Crippen molar-refractivity contribution in [3.05, 3.63) is 12.4 Å². The van der Waals surface area contributed by atoms with Crippen LogP contribution in [0.2, 0.25) is 0 Å². The molecule has 3 N–H and O–H groups in total. The van der Waals surface area contributed by atoms with E-state index >= 15 is 0 Å². The van der Waals surface area contributed by atoms with Crippen molar-refractivity contribution in [2.24, 2.45) is 5.92 Å². The largest absolute Gasteiger partial charge is 0.390 e. The normalized spacial score (nSPS) is 35.5. The van der Waals surface area contributed by atoms with Gasteiger partial charge in [-0.3, -0.25) is 4.57 Å². The number of anilines is 1. The van der Waals surface area contributed by atoms with Crippen LogP contribution in [0.15, 0.2) is 6.33 Å². The molecule has 2 aromatic rings. The highest BCUT2D eigenvalue weighted by atomic mass is 35.5. The maximum Gasteiger partial charge on any atom is 0.312 e. The number of aliphatic hydroxyl groups is 1. The molecule has 2 aliphatic rings. The Kier molecular flexibility index (Phi) is 2.31. The lowest BCUT2D eigenvalue weighted by Crippen LogP contribution is -2.24. The molecule has 20 heavy (non-hydrogen) atoms. The Labute approximate surface area is 117 Å². The minimum Gasteiger partial charge on any atom is -0.390 e. The molecule has 1 saturated carbocycles. The van der Waals surface area contributed by atoms with E-state index < -0.39 is 17.8 Å². The lowest BCUT2D eigenvalue weighted by molar-refractivity contribution is -0.0537. The van der Waals surface area contributed by atoms with Gasteiger partial charge in [-0.15, -0.1) is 11.6 Å². The molecule has 3 heterocycles. The fraction of sp³-hybridized carbons (Fsp3) is 0.545. The summed E-state index contributed by atoms with van der Waals surface area (Å²) in [7, 11) is 0. The highest BCUT2D eigenvalue weighted by Gasteiger charge is 2.71. The number of hydrogen-bond acceptors (Lipinski definition) is 6. The summed E-state index contributed by atoms with van der Waals surface area (Å²) in [6.07, 6.45) is 0.222. The van der Waals surface area contributed by atoms with Crippen LogP contribution in [-0.2, 0) is 4.74 Å². The van der Waals surface area contributed by atoms with Crippen molar-refractivity contribution in [3.8, 4) is 0 Å². The zero-order valence-corrected chi connectivity index (χ0v) is 11.0.